The molecule has 128 valence electrons. The number of anilines is 1. The van der Waals surface area contributed by atoms with Crippen LogP contribution in [-0.4, -0.2) is 30.9 Å². The first-order valence-electron chi connectivity index (χ1n) is 7.86. The minimum atomic E-state index is -0.195. The smallest absolute Gasteiger partial charge is 0.243 e. The van der Waals surface area contributed by atoms with E-state index in [9.17, 15) is 9.59 Å². The second kappa shape index (κ2) is 8.89. The van der Waals surface area contributed by atoms with E-state index in [1.54, 1.807) is 0 Å². The van der Waals surface area contributed by atoms with Crippen LogP contribution in [0.3, 0.4) is 0 Å². The Bertz CT molecular complexity index is 546. The van der Waals surface area contributed by atoms with Crippen LogP contribution in [0.2, 0.25) is 0 Å². The molecule has 1 aliphatic rings. The number of amides is 2. The SMILES string of the molecule is Cc1cc(C)c(NC(=O)CNC(=O)C2CCCCN2)c(C)c1.Cl. The summed E-state index contributed by atoms with van der Waals surface area (Å²) < 4.78 is 0. The number of rotatable bonds is 4. The second-order valence-corrected chi connectivity index (χ2v) is 6.04. The summed E-state index contributed by atoms with van der Waals surface area (Å²) in [6.07, 6.45) is 3.00. The molecule has 0 aromatic heterocycles. The van der Waals surface area contributed by atoms with Gasteiger partial charge in [-0.3, -0.25) is 9.59 Å². The molecule has 1 fully saturated rings. The Morgan fingerprint density at radius 1 is 1.17 bits per heavy atom. The molecular weight excluding hydrogens is 314 g/mol. The molecule has 6 heteroatoms. The van der Waals surface area contributed by atoms with Gasteiger partial charge in [0.1, 0.15) is 0 Å². The number of piperidine rings is 1. The van der Waals surface area contributed by atoms with E-state index in [4.69, 9.17) is 0 Å². The van der Waals surface area contributed by atoms with Crippen LogP contribution < -0.4 is 16.0 Å². The maximum atomic E-state index is 12.0. The molecule has 0 radical (unpaired) electrons. The molecule has 1 unspecified atom stereocenters. The van der Waals surface area contributed by atoms with Gasteiger partial charge in [0.05, 0.1) is 12.6 Å². The summed E-state index contributed by atoms with van der Waals surface area (Å²) in [5, 5.41) is 8.77. The molecule has 1 aromatic rings. The van der Waals surface area contributed by atoms with Crippen LogP contribution in [0.15, 0.2) is 12.1 Å². The van der Waals surface area contributed by atoms with Gasteiger partial charge < -0.3 is 16.0 Å². The third kappa shape index (κ3) is 5.52. The van der Waals surface area contributed by atoms with Gasteiger partial charge in [0.15, 0.2) is 0 Å². The maximum absolute atomic E-state index is 12.0. The summed E-state index contributed by atoms with van der Waals surface area (Å²) in [6.45, 7) is 6.85. The first-order valence-corrected chi connectivity index (χ1v) is 7.86. The molecular formula is C17H26ClN3O2. The third-order valence-electron chi connectivity index (χ3n) is 3.99. The zero-order chi connectivity index (χ0) is 16.1. The molecule has 1 saturated heterocycles. The number of hydrogen-bond donors (Lipinski definition) is 3. The van der Waals surface area contributed by atoms with E-state index < -0.39 is 0 Å². The molecule has 0 saturated carbocycles. The summed E-state index contributed by atoms with van der Waals surface area (Å²) in [4.78, 5) is 24.0. The lowest BCUT2D eigenvalue weighted by Crippen LogP contribution is -2.48. The molecule has 1 aromatic carbocycles. The zero-order valence-electron chi connectivity index (χ0n) is 14.0. The van der Waals surface area contributed by atoms with Crippen LogP contribution >= 0.6 is 12.4 Å². The average Bonchev–Trinajstić information content (AvgIpc) is 2.49. The number of aryl methyl sites for hydroxylation is 3. The van der Waals surface area contributed by atoms with Crippen LogP contribution in [0.1, 0.15) is 36.0 Å². The molecule has 2 amide bonds. The van der Waals surface area contributed by atoms with Gasteiger partial charge in [-0.1, -0.05) is 24.1 Å². The van der Waals surface area contributed by atoms with E-state index in [2.05, 4.69) is 16.0 Å². The lowest BCUT2D eigenvalue weighted by Gasteiger charge is -2.22. The lowest BCUT2D eigenvalue weighted by molar-refractivity contribution is -0.126. The normalized spacial score (nSPS) is 17.1. The molecule has 5 nitrogen and oxygen atoms in total. The monoisotopic (exact) mass is 339 g/mol. The van der Waals surface area contributed by atoms with Crippen molar-refractivity contribution in [2.45, 2.75) is 46.1 Å². The fourth-order valence-corrected chi connectivity index (χ4v) is 2.93. The van der Waals surface area contributed by atoms with Gasteiger partial charge in [0.25, 0.3) is 0 Å². The van der Waals surface area contributed by atoms with E-state index in [-0.39, 0.29) is 36.8 Å². The van der Waals surface area contributed by atoms with Gasteiger partial charge >= 0.3 is 0 Å². The number of hydrogen-bond acceptors (Lipinski definition) is 3. The Morgan fingerprint density at radius 2 is 1.83 bits per heavy atom. The molecule has 1 heterocycles. The Labute approximate surface area is 144 Å². The Balaban J connectivity index is 0.00000264. The van der Waals surface area contributed by atoms with Gasteiger partial charge in [-0.15, -0.1) is 12.4 Å². The highest BCUT2D eigenvalue weighted by molar-refractivity contribution is 5.96. The molecule has 0 spiro atoms. The fourth-order valence-electron chi connectivity index (χ4n) is 2.93. The summed E-state index contributed by atoms with van der Waals surface area (Å²) in [5.41, 5.74) is 4.07. The van der Waals surface area contributed by atoms with Crippen LogP contribution in [0.5, 0.6) is 0 Å². The predicted octanol–water partition coefficient (Wildman–Crippen LogP) is 2.23. The fraction of sp³-hybridized carbons (Fsp3) is 0.529. The van der Waals surface area contributed by atoms with Crippen molar-refractivity contribution in [3.63, 3.8) is 0 Å². The highest BCUT2D eigenvalue weighted by Gasteiger charge is 2.20. The third-order valence-corrected chi connectivity index (χ3v) is 3.99. The molecule has 1 atom stereocenters. The van der Waals surface area contributed by atoms with Crippen molar-refractivity contribution >= 4 is 29.9 Å². The van der Waals surface area contributed by atoms with Gasteiger partial charge in [-0.2, -0.15) is 0 Å². The largest absolute Gasteiger partial charge is 0.346 e. The van der Waals surface area contributed by atoms with Gasteiger partial charge in [0, 0.05) is 5.69 Å². The number of halogens is 1. The van der Waals surface area contributed by atoms with Crippen LogP contribution in [-0.2, 0) is 9.59 Å². The quantitative estimate of drug-likeness (QED) is 0.787. The Hall–Kier alpha value is -1.59. The number of carbonyl (C=O) groups is 2. The summed E-state index contributed by atoms with van der Waals surface area (Å²) >= 11 is 0. The van der Waals surface area contributed by atoms with Gasteiger partial charge in [0.2, 0.25) is 11.8 Å². The minimum Gasteiger partial charge on any atom is -0.346 e. The van der Waals surface area contributed by atoms with Crippen molar-refractivity contribution in [2.24, 2.45) is 0 Å². The number of carbonyl (C=O) groups excluding carboxylic acids is 2. The molecule has 1 aliphatic heterocycles. The molecule has 0 aliphatic carbocycles. The predicted molar refractivity (Wildman–Crippen MR) is 95.2 cm³/mol. The first kappa shape index (κ1) is 19.5. The number of nitrogens with one attached hydrogen (secondary N) is 3. The van der Waals surface area contributed by atoms with Crippen LogP contribution in [0, 0.1) is 20.8 Å². The van der Waals surface area contributed by atoms with Crippen LogP contribution in [0.25, 0.3) is 0 Å². The topological polar surface area (TPSA) is 70.2 Å². The van der Waals surface area contributed by atoms with E-state index in [1.807, 2.05) is 32.9 Å². The maximum Gasteiger partial charge on any atom is 0.243 e. The summed E-state index contributed by atoms with van der Waals surface area (Å²) in [6, 6.07) is 3.91. The standard InChI is InChI=1S/C17H25N3O2.ClH/c1-11-8-12(2)16(13(3)9-11)20-15(21)10-19-17(22)14-6-4-5-7-18-14;/h8-9,14,18H,4-7,10H2,1-3H3,(H,19,22)(H,20,21);1H. The van der Waals surface area contributed by atoms with Crippen LogP contribution in [0.4, 0.5) is 5.69 Å². The first-order chi connectivity index (χ1) is 10.5. The van der Waals surface area contributed by atoms with E-state index in [1.165, 1.54) is 5.56 Å². The van der Waals surface area contributed by atoms with Crippen molar-refractivity contribution in [3.8, 4) is 0 Å². The van der Waals surface area contributed by atoms with Gasteiger partial charge in [-0.05, 0) is 51.3 Å². The van der Waals surface area contributed by atoms with E-state index in [0.29, 0.717) is 0 Å². The Morgan fingerprint density at radius 3 is 2.39 bits per heavy atom. The van der Waals surface area contributed by atoms with Crippen molar-refractivity contribution in [1.29, 1.82) is 0 Å². The molecule has 23 heavy (non-hydrogen) atoms. The molecule has 2 rings (SSSR count). The minimum absolute atomic E-state index is 0. The number of benzene rings is 1. The summed E-state index contributed by atoms with van der Waals surface area (Å²) in [7, 11) is 0. The van der Waals surface area contributed by atoms with Crippen molar-refractivity contribution in [1.82, 2.24) is 10.6 Å². The highest BCUT2D eigenvalue weighted by Crippen LogP contribution is 2.21. The molecule has 0 bridgehead atoms. The van der Waals surface area contributed by atoms with Crippen molar-refractivity contribution in [3.05, 3.63) is 28.8 Å². The van der Waals surface area contributed by atoms with E-state index in [0.717, 1.165) is 42.6 Å². The highest BCUT2D eigenvalue weighted by atomic mass is 35.5. The van der Waals surface area contributed by atoms with Gasteiger partial charge in [-0.25, -0.2) is 0 Å². The lowest BCUT2D eigenvalue weighted by atomic mass is 10.0. The second-order valence-electron chi connectivity index (χ2n) is 6.04. The van der Waals surface area contributed by atoms with Crippen molar-refractivity contribution < 1.29 is 9.59 Å². The Kier molecular flexibility index (Phi) is 7.52. The van der Waals surface area contributed by atoms with E-state index >= 15 is 0 Å². The van der Waals surface area contributed by atoms with Crippen molar-refractivity contribution in [2.75, 3.05) is 18.4 Å². The average molecular weight is 340 g/mol. The zero-order valence-corrected chi connectivity index (χ0v) is 14.8. The summed E-state index contributed by atoms with van der Waals surface area (Å²) in [5.74, 6) is -0.286. The molecule has 3 N–H and O–H groups in total.